The minimum atomic E-state index is 0.168. The van der Waals surface area contributed by atoms with Crippen LogP contribution in [0.1, 0.15) is 22.3 Å². The molecule has 0 amide bonds. The van der Waals surface area contributed by atoms with Gasteiger partial charge in [0.25, 0.3) is 0 Å². The number of halogens is 1. The van der Waals surface area contributed by atoms with E-state index in [1.807, 2.05) is 37.5 Å². The number of nitrogens with zero attached hydrogens (tertiary/aromatic N) is 2. The van der Waals surface area contributed by atoms with Crippen molar-refractivity contribution in [3.8, 4) is 0 Å². The average molecular weight is 293 g/mol. The normalized spacial score (nSPS) is 10.5. The zero-order valence-electron chi connectivity index (χ0n) is 9.56. The third kappa shape index (κ3) is 3.27. The van der Waals surface area contributed by atoms with Crippen LogP contribution in [0.2, 0.25) is 0 Å². The number of aromatic nitrogens is 2. The molecule has 0 unspecified atom stereocenters. The van der Waals surface area contributed by atoms with E-state index in [-0.39, 0.29) is 5.78 Å². The summed E-state index contributed by atoms with van der Waals surface area (Å²) in [7, 11) is 1.88. The van der Waals surface area contributed by atoms with Crippen LogP contribution < -0.4 is 0 Å². The van der Waals surface area contributed by atoms with E-state index in [1.54, 1.807) is 10.9 Å². The van der Waals surface area contributed by atoms with Gasteiger partial charge >= 0.3 is 0 Å². The zero-order valence-corrected chi connectivity index (χ0v) is 11.1. The van der Waals surface area contributed by atoms with Crippen molar-refractivity contribution in [2.75, 3.05) is 0 Å². The summed E-state index contributed by atoms with van der Waals surface area (Å²) in [5, 5.41) is 4.08. The van der Waals surface area contributed by atoms with Gasteiger partial charge in [0.05, 0.1) is 6.20 Å². The lowest BCUT2D eigenvalue weighted by Gasteiger charge is -2.00. The molecule has 17 heavy (non-hydrogen) atoms. The third-order valence-electron chi connectivity index (χ3n) is 2.57. The van der Waals surface area contributed by atoms with Crippen molar-refractivity contribution in [1.82, 2.24) is 9.78 Å². The summed E-state index contributed by atoms with van der Waals surface area (Å²) in [6, 6.07) is 7.46. The summed E-state index contributed by atoms with van der Waals surface area (Å²) < 4.78 is 2.74. The Kier molecular flexibility index (Phi) is 3.74. The largest absolute Gasteiger partial charge is 0.294 e. The molecule has 4 heteroatoms. The first kappa shape index (κ1) is 12.0. The topological polar surface area (TPSA) is 34.9 Å². The van der Waals surface area contributed by atoms with Gasteiger partial charge < -0.3 is 0 Å². The SMILES string of the molecule is Cn1cc(CCC(=O)c2ccc(Br)cc2)cn1. The van der Waals surface area contributed by atoms with Crippen LogP contribution in [0.25, 0.3) is 0 Å². The Balaban J connectivity index is 1.95. The number of Topliss-reactive ketones (excluding diaryl/α,β-unsaturated/α-hetero) is 1. The van der Waals surface area contributed by atoms with Crippen molar-refractivity contribution in [1.29, 1.82) is 0 Å². The van der Waals surface area contributed by atoms with E-state index in [4.69, 9.17) is 0 Å². The fourth-order valence-corrected chi connectivity index (χ4v) is 1.90. The van der Waals surface area contributed by atoms with Crippen LogP contribution in [0.15, 0.2) is 41.1 Å². The Bertz CT molecular complexity index is 516. The van der Waals surface area contributed by atoms with E-state index < -0.39 is 0 Å². The van der Waals surface area contributed by atoms with Crippen LogP contribution >= 0.6 is 15.9 Å². The maximum Gasteiger partial charge on any atom is 0.163 e. The fraction of sp³-hybridized carbons (Fsp3) is 0.231. The van der Waals surface area contributed by atoms with E-state index in [1.165, 1.54) is 0 Å². The maximum absolute atomic E-state index is 11.9. The number of aryl methyl sites for hydroxylation is 2. The molecule has 88 valence electrons. The predicted molar refractivity (Wildman–Crippen MR) is 70.0 cm³/mol. The average Bonchev–Trinajstić information content (AvgIpc) is 2.73. The van der Waals surface area contributed by atoms with E-state index >= 15 is 0 Å². The molecule has 0 spiro atoms. The summed E-state index contributed by atoms with van der Waals surface area (Å²) >= 11 is 3.35. The Hall–Kier alpha value is -1.42. The summed E-state index contributed by atoms with van der Waals surface area (Å²) in [6.45, 7) is 0. The smallest absolute Gasteiger partial charge is 0.163 e. The van der Waals surface area contributed by atoms with E-state index in [0.717, 1.165) is 22.0 Å². The summed E-state index contributed by atoms with van der Waals surface area (Å²) in [4.78, 5) is 11.9. The van der Waals surface area contributed by atoms with Crippen molar-refractivity contribution < 1.29 is 4.79 Å². The Morgan fingerprint density at radius 1 is 1.35 bits per heavy atom. The minimum Gasteiger partial charge on any atom is -0.294 e. The number of hydrogen-bond donors (Lipinski definition) is 0. The second-order valence-electron chi connectivity index (χ2n) is 3.95. The molecule has 0 aliphatic carbocycles. The predicted octanol–water partition coefficient (Wildman–Crippen LogP) is 3.00. The maximum atomic E-state index is 11.9. The molecule has 0 N–H and O–H groups in total. The van der Waals surface area contributed by atoms with Crippen molar-refractivity contribution in [2.45, 2.75) is 12.8 Å². The first-order valence-corrected chi connectivity index (χ1v) is 6.21. The second kappa shape index (κ2) is 5.27. The second-order valence-corrected chi connectivity index (χ2v) is 4.87. The molecule has 3 nitrogen and oxygen atoms in total. The molecule has 1 aromatic heterocycles. The van der Waals surface area contributed by atoms with Crippen molar-refractivity contribution in [3.63, 3.8) is 0 Å². The lowest BCUT2D eigenvalue weighted by molar-refractivity contribution is 0.0983. The summed E-state index contributed by atoms with van der Waals surface area (Å²) in [6.07, 6.45) is 5.00. The molecular formula is C13H13BrN2O. The molecule has 0 fully saturated rings. The van der Waals surface area contributed by atoms with E-state index in [0.29, 0.717) is 6.42 Å². The monoisotopic (exact) mass is 292 g/mol. The summed E-state index contributed by atoms with van der Waals surface area (Å²) in [5.41, 5.74) is 1.86. The molecule has 0 saturated carbocycles. The number of benzene rings is 1. The van der Waals surface area contributed by atoms with Crippen molar-refractivity contribution in [3.05, 3.63) is 52.3 Å². The Morgan fingerprint density at radius 3 is 2.65 bits per heavy atom. The van der Waals surface area contributed by atoms with E-state index in [2.05, 4.69) is 21.0 Å². The van der Waals surface area contributed by atoms with Gasteiger partial charge in [-0.2, -0.15) is 5.10 Å². The highest BCUT2D eigenvalue weighted by Crippen LogP contribution is 2.13. The highest BCUT2D eigenvalue weighted by Gasteiger charge is 2.06. The number of rotatable bonds is 4. The highest BCUT2D eigenvalue weighted by molar-refractivity contribution is 9.10. The molecule has 0 bridgehead atoms. The molecule has 2 aromatic rings. The first-order valence-electron chi connectivity index (χ1n) is 5.41. The van der Waals surface area contributed by atoms with Crippen LogP contribution in [0, 0.1) is 0 Å². The Morgan fingerprint density at radius 2 is 2.06 bits per heavy atom. The highest BCUT2D eigenvalue weighted by atomic mass is 79.9. The van der Waals surface area contributed by atoms with E-state index in [9.17, 15) is 4.79 Å². The van der Waals surface area contributed by atoms with Gasteiger partial charge in [-0.25, -0.2) is 0 Å². The molecule has 0 radical (unpaired) electrons. The molecule has 0 aliphatic heterocycles. The number of carbonyl (C=O) groups excluding carboxylic acids is 1. The van der Waals surface area contributed by atoms with Gasteiger partial charge in [0.15, 0.2) is 5.78 Å². The van der Waals surface area contributed by atoms with Crippen LogP contribution in [0.4, 0.5) is 0 Å². The quantitative estimate of drug-likeness (QED) is 0.812. The molecule has 0 aliphatic rings. The van der Waals surface area contributed by atoms with Gasteiger partial charge in [-0.1, -0.05) is 28.1 Å². The Labute approximate surface area is 109 Å². The number of ketones is 1. The fourth-order valence-electron chi connectivity index (χ4n) is 1.64. The first-order chi connectivity index (χ1) is 8.15. The van der Waals surface area contributed by atoms with Crippen LogP contribution in [-0.4, -0.2) is 15.6 Å². The lowest BCUT2D eigenvalue weighted by Crippen LogP contribution is -2.00. The molecular weight excluding hydrogens is 280 g/mol. The minimum absolute atomic E-state index is 0.168. The number of hydrogen-bond acceptors (Lipinski definition) is 2. The van der Waals surface area contributed by atoms with Gasteiger partial charge in [0.1, 0.15) is 0 Å². The summed E-state index contributed by atoms with van der Waals surface area (Å²) in [5.74, 6) is 0.168. The van der Waals surface area contributed by atoms with Gasteiger partial charge in [0.2, 0.25) is 0 Å². The van der Waals surface area contributed by atoms with Crippen LogP contribution in [0.5, 0.6) is 0 Å². The van der Waals surface area contributed by atoms with Gasteiger partial charge in [-0.3, -0.25) is 9.48 Å². The zero-order chi connectivity index (χ0) is 12.3. The van der Waals surface area contributed by atoms with Gasteiger partial charge in [-0.15, -0.1) is 0 Å². The standard InChI is InChI=1S/C13H13BrN2O/c1-16-9-10(8-15-16)2-7-13(17)11-3-5-12(14)6-4-11/h3-6,8-9H,2,7H2,1H3. The third-order valence-corrected chi connectivity index (χ3v) is 3.09. The van der Waals surface area contributed by atoms with Crippen molar-refractivity contribution >= 4 is 21.7 Å². The van der Waals surface area contributed by atoms with Gasteiger partial charge in [0, 0.05) is 29.7 Å². The van der Waals surface area contributed by atoms with Crippen molar-refractivity contribution in [2.24, 2.45) is 7.05 Å². The molecule has 1 heterocycles. The molecule has 0 saturated heterocycles. The molecule has 0 atom stereocenters. The van der Waals surface area contributed by atoms with Gasteiger partial charge in [-0.05, 0) is 24.1 Å². The van der Waals surface area contributed by atoms with Crippen LogP contribution in [-0.2, 0) is 13.5 Å². The number of carbonyl (C=O) groups is 1. The van der Waals surface area contributed by atoms with Crippen LogP contribution in [0.3, 0.4) is 0 Å². The molecule has 2 rings (SSSR count). The molecule has 1 aromatic carbocycles. The lowest BCUT2D eigenvalue weighted by atomic mass is 10.0.